The molecule has 160 valence electrons. The van der Waals surface area contributed by atoms with Crippen LogP contribution in [-0.4, -0.2) is 49.6 Å². The number of carbonyl (C=O) groups excluding carboxylic acids is 1. The Labute approximate surface area is 180 Å². The lowest BCUT2D eigenvalue weighted by Gasteiger charge is -2.25. The highest BCUT2D eigenvalue weighted by Crippen LogP contribution is 2.43. The van der Waals surface area contributed by atoms with Crippen LogP contribution >= 0.6 is 0 Å². The van der Waals surface area contributed by atoms with Crippen LogP contribution in [0.2, 0.25) is 0 Å². The van der Waals surface area contributed by atoms with Crippen LogP contribution < -0.4 is 4.74 Å². The first kappa shape index (κ1) is 19.7. The molecule has 0 spiro atoms. The maximum Gasteiger partial charge on any atom is 0.273 e. The minimum absolute atomic E-state index is 0.0713. The SMILES string of the molecule is Cc1ccc(OCC2CC3CCC2N3C(=O)c2nc(C)ccc2-c2nc(C)no2)nc1. The molecule has 0 radical (unpaired) electrons. The number of carbonyl (C=O) groups is 1. The zero-order valence-corrected chi connectivity index (χ0v) is 17.9. The van der Waals surface area contributed by atoms with Crippen molar-refractivity contribution in [1.29, 1.82) is 0 Å². The molecule has 2 aliphatic rings. The predicted molar refractivity (Wildman–Crippen MR) is 113 cm³/mol. The van der Waals surface area contributed by atoms with Gasteiger partial charge in [-0.15, -0.1) is 0 Å². The van der Waals surface area contributed by atoms with E-state index in [1.807, 2.05) is 43.0 Å². The maximum atomic E-state index is 13.6. The van der Waals surface area contributed by atoms with E-state index in [1.165, 1.54) is 0 Å². The summed E-state index contributed by atoms with van der Waals surface area (Å²) >= 11 is 0. The van der Waals surface area contributed by atoms with E-state index in [4.69, 9.17) is 9.26 Å². The highest BCUT2D eigenvalue weighted by atomic mass is 16.5. The monoisotopic (exact) mass is 419 g/mol. The van der Waals surface area contributed by atoms with E-state index in [0.29, 0.717) is 35.5 Å². The minimum atomic E-state index is -0.0713. The van der Waals surface area contributed by atoms with Gasteiger partial charge in [0, 0.05) is 36.0 Å². The van der Waals surface area contributed by atoms with E-state index in [2.05, 4.69) is 20.1 Å². The van der Waals surface area contributed by atoms with Crippen molar-refractivity contribution >= 4 is 5.91 Å². The van der Waals surface area contributed by atoms with Crippen molar-refractivity contribution in [2.75, 3.05) is 6.61 Å². The first-order chi connectivity index (χ1) is 15.0. The first-order valence-corrected chi connectivity index (χ1v) is 10.7. The van der Waals surface area contributed by atoms with Crippen LogP contribution in [0.5, 0.6) is 5.88 Å². The highest BCUT2D eigenvalue weighted by molar-refractivity contribution is 5.98. The number of rotatable bonds is 5. The fourth-order valence-electron chi connectivity index (χ4n) is 4.76. The number of amides is 1. The number of pyridine rings is 2. The molecule has 5 heterocycles. The lowest BCUT2D eigenvalue weighted by Crippen LogP contribution is -2.38. The van der Waals surface area contributed by atoms with Crippen molar-refractivity contribution in [3.05, 3.63) is 53.2 Å². The molecule has 0 saturated carbocycles. The third-order valence-electron chi connectivity index (χ3n) is 6.22. The molecule has 3 aromatic rings. The van der Waals surface area contributed by atoms with Gasteiger partial charge in [-0.25, -0.2) is 9.97 Å². The van der Waals surface area contributed by atoms with Crippen molar-refractivity contribution in [3.63, 3.8) is 0 Å². The van der Waals surface area contributed by atoms with Gasteiger partial charge in [-0.05, 0) is 57.7 Å². The van der Waals surface area contributed by atoms with Gasteiger partial charge in [-0.1, -0.05) is 11.2 Å². The van der Waals surface area contributed by atoms with E-state index in [0.717, 1.165) is 30.5 Å². The summed E-state index contributed by atoms with van der Waals surface area (Å²) < 4.78 is 11.3. The van der Waals surface area contributed by atoms with Gasteiger partial charge >= 0.3 is 0 Å². The summed E-state index contributed by atoms with van der Waals surface area (Å²) in [5.74, 6) is 1.69. The second-order valence-electron chi connectivity index (χ2n) is 8.49. The molecule has 8 nitrogen and oxygen atoms in total. The van der Waals surface area contributed by atoms with E-state index in [-0.39, 0.29) is 23.9 Å². The number of ether oxygens (including phenoxy) is 1. The third-order valence-corrected chi connectivity index (χ3v) is 6.22. The Balaban J connectivity index is 1.37. The summed E-state index contributed by atoms with van der Waals surface area (Å²) in [7, 11) is 0. The second-order valence-corrected chi connectivity index (χ2v) is 8.49. The quantitative estimate of drug-likeness (QED) is 0.624. The van der Waals surface area contributed by atoms with Gasteiger partial charge in [-0.2, -0.15) is 4.98 Å². The predicted octanol–water partition coefficient (Wildman–Crippen LogP) is 3.52. The van der Waals surface area contributed by atoms with Crippen LogP contribution in [0.15, 0.2) is 35.0 Å². The topological polar surface area (TPSA) is 94.2 Å². The lowest BCUT2D eigenvalue weighted by atomic mass is 9.90. The van der Waals surface area contributed by atoms with Crippen LogP contribution in [0, 0.1) is 26.7 Å². The zero-order valence-electron chi connectivity index (χ0n) is 17.9. The number of aromatic nitrogens is 4. The zero-order chi connectivity index (χ0) is 21.5. The van der Waals surface area contributed by atoms with Crippen molar-refractivity contribution in [3.8, 4) is 17.3 Å². The molecular formula is C23H25N5O3. The van der Waals surface area contributed by atoms with Crippen LogP contribution in [0.25, 0.3) is 11.5 Å². The molecule has 2 aliphatic heterocycles. The van der Waals surface area contributed by atoms with Gasteiger partial charge in [0.25, 0.3) is 11.8 Å². The largest absolute Gasteiger partial charge is 0.477 e. The Morgan fingerprint density at radius 1 is 1.16 bits per heavy atom. The molecule has 2 bridgehead atoms. The molecule has 3 aromatic heterocycles. The van der Waals surface area contributed by atoms with E-state index < -0.39 is 0 Å². The average Bonchev–Trinajstić information content (AvgIpc) is 3.47. The lowest BCUT2D eigenvalue weighted by molar-refractivity contribution is 0.0704. The Hall–Kier alpha value is -3.29. The molecule has 0 aliphatic carbocycles. The summed E-state index contributed by atoms with van der Waals surface area (Å²) in [6.07, 6.45) is 4.72. The molecule has 3 unspecified atom stereocenters. The minimum Gasteiger partial charge on any atom is -0.477 e. The van der Waals surface area contributed by atoms with Crippen molar-refractivity contribution in [2.45, 2.75) is 52.1 Å². The Morgan fingerprint density at radius 2 is 2.03 bits per heavy atom. The standard InChI is InChI=1S/C23H25N5O3/c1-13-4-9-20(24-11-13)30-12-16-10-17-6-8-19(16)28(17)23(29)21-18(7-5-14(2)25-21)22-26-15(3)27-31-22/h4-5,7,9,11,16-17,19H,6,8,10,12H2,1-3H3. The maximum absolute atomic E-state index is 13.6. The molecule has 31 heavy (non-hydrogen) atoms. The average molecular weight is 419 g/mol. The fraction of sp³-hybridized carbons (Fsp3) is 0.435. The van der Waals surface area contributed by atoms with Crippen LogP contribution in [0.4, 0.5) is 0 Å². The molecule has 0 N–H and O–H groups in total. The molecule has 3 atom stereocenters. The molecular weight excluding hydrogens is 394 g/mol. The molecule has 8 heteroatoms. The van der Waals surface area contributed by atoms with Gasteiger partial charge in [0.05, 0.1) is 12.2 Å². The Kier molecular flexibility index (Phi) is 4.92. The Morgan fingerprint density at radius 3 is 2.77 bits per heavy atom. The summed E-state index contributed by atoms with van der Waals surface area (Å²) in [4.78, 5) is 28.8. The van der Waals surface area contributed by atoms with Gasteiger partial charge in [0.2, 0.25) is 5.88 Å². The van der Waals surface area contributed by atoms with E-state index in [9.17, 15) is 4.79 Å². The molecule has 1 amide bonds. The number of nitrogens with zero attached hydrogens (tertiary/aromatic N) is 5. The highest BCUT2D eigenvalue weighted by Gasteiger charge is 2.49. The van der Waals surface area contributed by atoms with Gasteiger partial charge < -0.3 is 14.2 Å². The van der Waals surface area contributed by atoms with Crippen LogP contribution in [0.3, 0.4) is 0 Å². The molecule has 2 fully saturated rings. The van der Waals surface area contributed by atoms with Gasteiger partial charge in [0.1, 0.15) is 5.69 Å². The Bertz CT molecular complexity index is 1110. The van der Waals surface area contributed by atoms with Gasteiger partial charge in [0.15, 0.2) is 5.82 Å². The number of aryl methyl sites for hydroxylation is 3. The third kappa shape index (κ3) is 3.66. The number of hydrogen-bond acceptors (Lipinski definition) is 7. The summed E-state index contributed by atoms with van der Waals surface area (Å²) in [5, 5.41) is 3.86. The van der Waals surface area contributed by atoms with Crippen molar-refractivity contribution < 1.29 is 14.1 Å². The van der Waals surface area contributed by atoms with Crippen LogP contribution in [0.1, 0.15) is 46.8 Å². The van der Waals surface area contributed by atoms with Crippen molar-refractivity contribution in [1.82, 2.24) is 25.0 Å². The normalized spacial score (nSPS) is 22.2. The summed E-state index contributed by atoms with van der Waals surface area (Å²) in [5.41, 5.74) is 2.84. The van der Waals surface area contributed by atoms with Gasteiger partial charge in [-0.3, -0.25) is 4.79 Å². The number of hydrogen-bond donors (Lipinski definition) is 0. The van der Waals surface area contributed by atoms with E-state index in [1.54, 1.807) is 13.1 Å². The number of fused-ring (bicyclic) bond motifs is 2. The molecule has 5 rings (SSSR count). The fourth-order valence-corrected chi connectivity index (χ4v) is 4.76. The summed E-state index contributed by atoms with van der Waals surface area (Å²) in [6, 6.07) is 7.92. The second kappa shape index (κ2) is 7.76. The van der Waals surface area contributed by atoms with Crippen LogP contribution in [-0.2, 0) is 0 Å². The van der Waals surface area contributed by atoms with E-state index >= 15 is 0 Å². The first-order valence-electron chi connectivity index (χ1n) is 10.7. The smallest absolute Gasteiger partial charge is 0.273 e. The van der Waals surface area contributed by atoms with Crippen molar-refractivity contribution in [2.24, 2.45) is 5.92 Å². The molecule has 0 aromatic carbocycles. The summed E-state index contributed by atoms with van der Waals surface area (Å²) in [6.45, 7) is 6.19. The molecule has 2 saturated heterocycles.